The Balaban J connectivity index is 1.55. The molecule has 194 valence electrons. The predicted octanol–water partition coefficient (Wildman–Crippen LogP) is 5.36. The van der Waals surface area contributed by atoms with Crippen molar-refractivity contribution in [3.8, 4) is 5.75 Å². The number of nitrogens with zero attached hydrogens (tertiary/aromatic N) is 2. The van der Waals surface area contributed by atoms with E-state index in [1.165, 1.54) is 29.2 Å². The minimum Gasteiger partial charge on any atom is -0.507 e. The number of nitrogens with one attached hydrogen (secondary N) is 1. The lowest BCUT2D eigenvalue weighted by atomic mass is 9.93. The molecule has 0 bridgehead atoms. The van der Waals surface area contributed by atoms with Gasteiger partial charge in [0.2, 0.25) is 0 Å². The van der Waals surface area contributed by atoms with Crippen molar-refractivity contribution < 1.29 is 23.8 Å². The Hall–Kier alpha value is -3.65. The first-order valence-corrected chi connectivity index (χ1v) is 12.9. The Morgan fingerprint density at radius 1 is 1.27 bits per heavy atom. The Morgan fingerprint density at radius 3 is 2.76 bits per heavy atom. The Bertz CT molecular complexity index is 1300. The number of carbonyl (C=O) groups excluding carboxylic acids is 2. The third kappa shape index (κ3) is 4.62. The zero-order chi connectivity index (χ0) is 26.3. The van der Waals surface area contributed by atoms with Crippen LogP contribution in [0.2, 0.25) is 0 Å². The third-order valence-electron chi connectivity index (χ3n) is 7.56. The maximum atomic E-state index is 13.7. The minimum atomic E-state index is -0.407. The van der Waals surface area contributed by atoms with Crippen LogP contribution in [0.5, 0.6) is 5.75 Å². The van der Waals surface area contributed by atoms with Gasteiger partial charge in [0.1, 0.15) is 17.3 Å². The van der Waals surface area contributed by atoms with Crippen LogP contribution < -0.4 is 15.1 Å². The number of hydrogen-bond acceptors (Lipinski definition) is 5. The van der Waals surface area contributed by atoms with Crippen molar-refractivity contribution in [3.63, 3.8) is 0 Å². The molecule has 1 atom stereocenters. The molecule has 7 nitrogen and oxygen atoms in total. The summed E-state index contributed by atoms with van der Waals surface area (Å²) in [4.78, 5) is 30.2. The van der Waals surface area contributed by atoms with Gasteiger partial charge < -0.3 is 25.0 Å². The maximum Gasteiger partial charge on any atom is 0.272 e. The summed E-state index contributed by atoms with van der Waals surface area (Å²) in [7, 11) is 0. The maximum absolute atomic E-state index is 13.7. The van der Waals surface area contributed by atoms with Gasteiger partial charge in [0, 0.05) is 43.1 Å². The van der Waals surface area contributed by atoms with Crippen molar-refractivity contribution in [2.24, 2.45) is 11.8 Å². The zero-order valence-corrected chi connectivity index (χ0v) is 21.2. The summed E-state index contributed by atoms with van der Waals surface area (Å²) in [6, 6.07) is 7.39. The molecule has 2 amide bonds. The van der Waals surface area contributed by atoms with Crippen molar-refractivity contribution in [2.45, 2.75) is 39.5 Å². The van der Waals surface area contributed by atoms with E-state index in [1.807, 2.05) is 17.9 Å². The third-order valence-corrected chi connectivity index (χ3v) is 7.56. The molecule has 0 aliphatic carbocycles. The van der Waals surface area contributed by atoms with Gasteiger partial charge in [0.05, 0.1) is 16.9 Å². The quantitative estimate of drug-likeness (QED) is 0.422. The molecule has 1 fully saturated rings. The topological polar surface area (TPSA) is 82.1 Å². The van der Waals surface area contributed by atoms with E-state index in [9.17, 15) is 19.1 Å². The second kappa shape index (κ2) is 10.0. The number of phenols is 1. The van der Waals surface area contributed by atoms with Crippen molar-refractivity contribution in [3.05, 3.63) is 71.3 Å². The molecule has 2 aromatic rings. The molecule has 8 heteroatoms. The van der Waals surface area contributed by atoms with E-state index in [1.54, 1.807) is 6.07 Å². The normalized spacial score (nSPS) is 19.4. The monoisotopic (exact) mass is 505 g/mol. The Morgan fingerprint density at radius 2 is 2.03 bits per heavy atom. The van der Waals surface area contributed by atoms with Crippen LogP contribution in [0.1, 0.15) is 49.0 Å². The van der Waals surface area contributed by atoms with Gasteiger partial charge >= 0.3 is 0 Å². The van der Waals surface area contributed by atoms with E-state index >= 15 is 0 Å². The lowest BCUT2D eigenvalue weighted by molar-refractivity contribution is -0.113. The molecule has 2 aromatic carbocycles. The van der Waals surface area contributed by atoms with Gasteiger partial charge in [-0.25, -0.2) is 4.39 Å². The number of hydrogen-bond donors (Lipinski definition) is 2. The molecular weight excluding hydrogens is 473 g/mol. The molecule has 3 aliphatic heterocycles. The molecule has 0 saturated carbocycles. The van der Waals surface area contributed by atoms with Crippen LogP contribution in [0.15, 0.2) is 54.4 Å². The van der Waals surface area contributed by atoms with Crippen LogP contribution in [0.3, 0.4) is 0 Å². The largest absolute Gasteiger partial charge is 0.507 e. The Kier molecular flexibility index (Phi) is 6.77. The van der Waals surface area contributed by atoms with E-state index in [0.29, 0.717) is 48.9 Å². The summed E-state index contributed by atoms with van der Waals surface area (Å²) in [5.74, 6) is -0.955. The number of ether oxygens (including phenoxy) is 1. The standard InChI is InChI=1S/C29H32FN3O4/c1-4-17(2)13-26-28(35)31-23-15-22(29(36)32-10-7-20-14-21(30)5-6-24(20)32)27(34)16-25(23)33(26)18(3)19-8-11-37-12-9-19/h5-6,13-17,19,34H,3-4,7-12H2,1-2H3,(H,31,35)/b26-13-/t17-/m1/s1. The van der Waals surface area contributed by atoms with Gasteiger partial charge in [-0.2, -0.15) is 0 Å². The van der Waals surface area contributed by atoms with Crippen LogP contribution in [0.25, 0.3) is 0 Å². The van der Waals surface area contributed by atoms with Gasteiger partial charge in [-0.1, -0.05) is 32.9 Å². The second-order valence-electron chi connectivity index (χ2n) is 9.97. The minimum absolute atomic E-state index is 0.0715. The molecule has 1 saturated heterocycles. The summed E-state index contributed by atoms with van der Waals surface area (Å²) in [6.45, 7) is 10.1. The predicted molar refractivity (Wildman–Crippen MR) is 141 cm³/mol. The summed E-state index contributed by atoms with van der Waals surface area (Å²) in [5.41, 5.74) is 3.68. The molecule has 37 heavy (non-hydrogen) atoms. The fraction of sp³-hybridized carbons (Fsp3) is 0.379. The number of amides is 2. The number of carbonyl (C=O) groups is 2. The van der Waals surface area contributed by atoms with Crippen molar-refractivity contribution >= 4 is 28.9 Å². The summed E-state index contributed by atoms with van der Waals surface area (Å²) < 4.78 is 19.2. The Labute approximate surface area is 216 Å². The van der Waals surface area contributed by atoms with Crippen molar-refractivity contribution in [2.75, 3.05) is 34.9 Å². The van der Waals surface area contributed by atoms with E-state index in [0.717, 1.165) is 30.5 Å². The van der Waals surface area contributed by atoms with E-state index in [-0.39, 0.29) is 34.9 Å². The second-order valence-corrected chi connectivity index (χ2v) is 9.97. The van der Waals surface area contributed by atoms with Crippen molar-refractivity contribution in [1.29, 1.82) is 0 Å². The fourth-order valence-corrected chi connectivity index (χ4v) is 5.24. The number of anilines is 3. The number of phenolic OH excluding ortho intramolecular Hbond substituents is 1. The van der Waals surface area contributed by atoms with Crippen LogP contribution in [0, 0.1) is 17.7 Å². The van der Waals surface area contributed by atoms with Gasteiger partial charge in [-0.3, -0.25) is 9.59 Å². The molecular formula is C29H32FN3O4. The first-order chi connectivity index (χ1) is 17.8. The highest BCUT2D eigenvalue weighted by molar-refractivity contribution is 6.15. The van der Waals surface area contributed by atoms with Gasteiger partial charge in [0.25, 0.3) is 11.8 Å². The highest BCUT2D eigenvalue weighted by atomic mass is 19.1. The van der Waals surface area contributed by atoms with Gasteiger partial charge in [-0.05, 0) is 55.0 Å². The summed E-state index contributed by atoms with van der Waals surface area (Å²) in [6.07, 6.45) is 4.91. The lowest BCUT2D eigenvalue weighted by Gasteiger charge is -2.39. The first kappa shape index (κ1) is 25.0. The molecule has 5 rings (SSSR count). The molecule has 0 radical (unpaired) electrons. The van der Waals surface area contributed by atoms with Crippen molar-refractivity contribution in [1.82, 2.24) is 0 Å². The smallest absolute Gasteiger partial charge is 0.272 e. The summed E-state index contributed by atoms with van der Waals surface area (Å²) in [5, 5.41) is 14.0. The van der Waals surface area contributed by atoms with Gasteiger partial charge in [0.15, 0.2) is 0 Å². The number of halogens is 1. The fourth-order valence-electron chi connectivity index (χ4n) is 5.24. The molecule has 3 heterocycles. The highest BCUT2D eigenvalue weighted by Crippen LogP contribution is 2.44. The number of aromatic hydroxyl groups is 1. The van der Waals surface area contributed by atoms with E-state index in [4.69, 9.17) is 4.74 Å². The zero-order valence-electron chi connectivity index (χ0n) is 21.2. The SMILES string of the molecule is C=C(C1CCOCC1)N1/C(=C\[C@H](C)CC)C(=O)Nc2cc(C(=O)N3CCc4cc(F)ccc43)c(O)cc21. The van der Waals surface area contributed by atoms with Crippen LogP contribution in [-0.4, -0.2) is 36.7 Å². The number of fused-ring (bicyclic) bond motifs is 2. The van der Waals surface area contributed by atoms with Crippen LogP contribution in [-0.2, 0) is 16.0 Å². The van der Waals surface area contributed by atoms with Gasteiger partial charge in [-0.15, -0.1) is 0 Å². The number of benzene rings is 2. The van der Waals surface area contributed by atoms with E-state index < -0.39 is 5.91 Å². The highest BCUT2D eigenvalue weighted by Gasteiger charge is 2.35. The number of allylic oxidation sites excluding steroid dienone is 2. The molecule has 0 aromatic heterocycles. The number of rotatable bonds is 5. The summed E-state index contributed by atoms with van der Waals surface area (Å²) >= 11 is 0. The molecule has 3 aliphatic rings. The molecule has 2 N–H and O–H groups in total. The van der Waals surface area contributed by atoms with E-state index in [2.05, 4.69) is 18.8 Å². The first-order valence-electron chi connectivity index (χ1n) is 12.9. The average Bonchev–Trinajstić information content (AvgIpc) is 3.31. The van der Waals surface area contributed by atoms with Crippen LogP contribution >= 0.6 is 0 Å². The molecule has 0 spiro atoms. The van der Waals surface area contributed by atoms with Crippen LogP contribution in [0.4, 0.5) is 21.5 Å². The lowest BCUT2D eigenvalue weighted by Crippen LogP contribution is -2.39. The average molecular weight is 506 g/mol. The molecule has 0 unspecified atom stereocenters.